The molecule has 0 radical (unpaired) electrons. The molecule has 0 aliphatic rings. The number of amides is 3. The van der Waals surface area contributed by atoms with Crippen LogP contribution in [0.4, 0.5) is 8.78 Å². The van der Waals surface area contributed by atoms with Crippen molar-refractivity contribution < 1.29 is 33.0 Å². The molecule has 0 heterocycles. The molecule has 0 aliphatic carbocycles. The minimum Gasteiger partial charge on any atom is -0.494 e. The first kappa shape index (κ1) is 36.2. The number of ether oxygens (including phenoxy) is 1. The third kappa shape index (κ3) is 11.9. The first-order chi connectivity index (χ1) is 22.1. The first-order valence-electron chi connectivity index (χ1n) is 15.9. The Morgan fingerprint density at radius 3 is 2.22 bits per heavy atom. The smallest absolute Gasteiger partial charge is 0.253 e. The SMILES string of the molecule is CCCN(CCC)C(=O)c1cc(C)cc(C(=O)N[C@@H](Cc2cc(F)cc(F)c2)[C@H](O)CCNC(=O)CCCOc2ccccc2)c1. The number of benzene rings is 3. The Bertz CT molecular complexity index is 1410. The Hall–Kier alpha value is -4.31. The zero-order valence-electron chi connectivity index (χ0n) is 26.9. The Kier molecular flexibility index (Phi) is 14.6. The van der Waals surface area contributed by atoms with Crippen molar-refractivity contribution in [1.29, 1.82) is 0 Å². The molecule has 10 heteroatoms. The van der Waals surface area contributed by atoms with E-state index < -0.39 is 29.7 Å². The van der Waals surface area contributed by atoms with Gasteiger partial charge in [-0.05, 0) is 92.6 Å². The normalized spacial score (nSPS) is 12.2. The minimum absolute atomic E-state index is 0.0647. The highest BCUT2D eigenvalue weighted by molar-refractivity contribution is 6.00. The van der Waals surface area contributed by atoms with Crippen molar-refractivity contribution >= 4 is 17.7 Å². The van der Waals surface area contributed by atoms with E-state index in [-0.39, 0.29) is 48.7 Å². The van der Waals surface area contributed by atoms with Crippen LogP contribution in [0.5, 0.6) is 5.75 Å². The zero-order chi connectivity index (χ0) is 33.5. The van der Waals surface area contributed by atoms with E-state index in [1.807, 2.05) is 44.2 Å². The van der Waals surface area contributed by atoms with Crippen LogP contribution in [-0.2, 0) is 11.2 Å². The van der Waals surface area contributed by atoms with E-state index in [9.17, 15) is 28.3 Å². The number of nitrogens with one attached hydrogen (secondary N) is 2. The molecule has 46 heavy (non-hydrogen) atoms. The van der Waals surface area contributed by atoms with Gasteiger partial charge in [-0.15, -0.1) is 0 Å². The molecule has 248 valence electrons. The summed E-state index contributed by atoms with van der Waals surface area (Å²) in [6.45, 7) is 7.47. The molecule has 3 aromatic carbocycles. The van der Waals surface area contributed by atoms with Gasteiger partial charge in [0, 0.05) is 43.2 Å². The quantitative estimate of drug-likeness (QED) is 0.157. The molecule has 0 unspecified atom stereocenters. The Balaban J connectivity index is 1.66. The number of hydrogen-bond donors (Lipinski definition) is 3. The topological polar surface area (TPSA) is 108 Å². The van der Waals surface area contributed by atoms with Gasteiger partial charge in [-0.2, -0.15) is 0 Å². The van der Waals surface area contributed by atoms with E-state index >= 15 is 0 Å². The van der Waals surface area contributed by atoms with Gasteiger partial charge in [-0.25, -0.2) is 8.78 Å². The fraction of sp³-hybridized carbons (Fsp3) is 0.417. The van der Waals surface area contributed by atoms with Crippen molar-refractivity contribution in [3.63, 3.8) is 0 Å². The molecule has 0 aromatic heterocycles. The first-order valence-corrected chi connectivity index (χ1v) is 15.9. The predicted molar refractivity (Wildman–Crippen MR) is 174 cm³/mol. The number of rotatable bonds is 18. The summed E-state index contributed by atoms with van der Waals surface area (Å²) in [5.74, 6) is -1.75. The average Bonchev–Trinajstić information content (AvgIpc) is 3.02. The maximum atomic E-state index is 14.0. The molecule has 3 rings (SSSR count). The molecule has 0 aliphatic heterocycles. The van der Waals surface area contributed by atoms with E-state index in [2.05, 4.69) is 10.6 Å². The lowest BCUT2D eigenvalue weighted by Gasteiger charge is -2.25. The molecule has 3 aromatic rings. The van der Waals surface area contributed by atoms with Gasteiger partial charge in [0.15, 0.2) is 0 Å². The van der Waals surface area contributed by atoms with E-state index in [0.29, 0.717) is 37.2 Å². The number of carbonyl (C=O) groups excluding carboxylic acids is 3. The molecule has 3 amide bonds. The number of hydrogen-bond acceptors (Lipinski definition) is 5. The van der Waals surface area contributed by atoms with Crippen LogP contribution >= 0.6 is 0 Å². The summed E-state index contributed by atoms with van der Waals surface area (Å²) >= 11 is 0. The van der Waals surface area contributed by atoms with Crippen LogP contribution in [0.1, 0.15) is 77.8 Å². The van der Waals surface area contributed by atoms with E-state index in [1.54, 1.807) is 24.0 Å². The summed E-state index contributed by atoms with van der Waals surface area (Å²) in [5, 5.41) is 16.7. The van der Waals surface area contributed by atoms with Crippen molar-refractivity contribution in [2.45, 2.75) is 71.4 Å². The lowest BCUT2D eigenvalue weighted by atomic mass is 9.97. The molecular weight excluding hydrogens is 592 g/mol. The molecule has 8 nitrogen and oxygen atoms in total. The summed E-state index contributed by atoms with van der Waals surface area (Å²) in [5.41, 5.74) is 1.57. The van der Waals surface area contributed by atoms with Crippen LogP contribution < -0.4 is 15.4 Å². The molecule has 2 atom stereocenters. The number of nitrogens with zero attached hydrogens (tertiary/aromatic N) is 1. The number of aryl methyl sites for hydroxylation is 1. The van der Waals surface area contributed by atoms with Crippen LogP contribution in [0.2, 0.25) is 0 Å². The monoisotopic (exact) mass is 637 g/mol. The summed E-state index contributed by atoms with van der Waals surface area (Å²) < 4.78 is 33.6. The molecular formula is C36H45F2N3O5. The summed E-state index contributed by atoms with van der Waals surface area (Å²) in [6, 6.07) is 16.3. The fourth-order valence-electron chi connectivity index (χ4n) is 5.18. The number of halogens is 2. The second-order valence-corrected chi connectivity index (χ2v) is 11.4. The Morgan fingerprint density at radius 2 is 1.57 bits per heavy atom. The van der Waals surface area contributed by atoms with Gasteiger partial charge >= 0.3 is 0 Å². The Labute approximate surface area is 270 Å². The average molecular weight is 638 g/mol. The number of aliphatic hydroxyl groups is 1. The van der Waals surface area contributed by atoms with E-state index in [1.165, 1.54) is 6.07 Å². The van der Waals surface area contributed by atoms with Crippen molar-refractivity contribution in [1.82, 2.24) is 15.5 Å². The third-order valence-corrected chi connectivity index (χ3v) is 7.34. The van der Waals surface area contributed by atoms with Gasteiger partial charge in [0.2, 0.25) is 5.91 Å². The number of para-hydroxylation sites is 1. The molecule has 0 saturated heterocycles. The molecule has 0 saturated carbocycles. The summed E-state index contributed by atoms with van der Waals surface area (Å²) in [7, 11) is 0. The van der Waals surface area contributed by atoms with Gasteiger partial charge in [-0.1, -0.05) is 32.0 Å². The molecule has 0 bridgehead atoms. The van der Waals surface area contributed by atoms with Crippen molar-refractivity contribution in [2.75, 3.05) is 26.2 Å². The minimum atomic E-state index is -1.16. The van der Waals surface area contributed by atoms with Crippen LogP contribution in [0.15, 0.2) is 66.7 Å². The molecule has 0 spiro atoms. The highest BCUT2D eigenvalue weighted by Crippen LogP contribution is 2.17. The predicted octanol–water partition coefficient (Wildman–Crippen LogP) is 5.60. The van der Waals surface area contributed by atoms with E-state index in [0.717, 1.165) is 36.8 Å². The van der Waals surface area contributed by atoms with Gasteiger partial charge in [0.25, 0.3) is 11.8 Å². The molecule has 0 fully saturated rings. The van der Waals surface area contributed by atoms with Crippen LogP contribution in [-0.4, -0.2) is 66.1 Å². The summed E-state index contributed by atoms with van der Waals surface area (Å²) in [4.78, 5) is 40.8. The van der Waals surface area contributed by atoms with Gasteiger partial charge < -0.3 is 25.4 Å². The second kappa shape index (κ2) is 18.6. The van der Waals surface area contributed by atoms with Gasteiger partial charge in [0.1, 0.15) is 17.4 Å². The Morgan fingerprint density at radius 1 is 0.913 bits per heavy atom. The fourth-order valence-corrected chi connectivity index (χ4v) is 5.18. The van der Waals surface area contributed by atoms with Crippen LogP contribution in [0.3, 0.4) is 0 Å². The zero-order valence-corrected chi connectivity index (χ0v) is 26.9. The lowest BCUT2D eigenvalue weighted by Crippen LogP contribution is -2.46. The number of aliphatic hydroxyl groups excluding tert-OH is 1. The lowest BCUT2D eigenvalue weighted by molar-refractivity contribution is -0.121. The van der Waals surface area contributed by atoms with Gasteiger partial charge in [-0.3, -0.25) is 14.4 Å². The highest BCUT2D eigenvalue weighted by atomic mass is 19.1. The molecule has 3 N–H and O–H groups in total. The van der Waals surface area contributed by atoms with Gasteiger partial charge in [0.05, 0.1) is 18.8 Å². The third-order valence-electron chi connectivity index (χ3n) is 7.34. The van der Waals surface area contributed by atoms with Crippen molar-refractivity contribution in [2.24, 2.45) is 0 Å². The van der Waals surface area contributed by atoms with E-state index in [4.69, 9.17) is 4.74 Å². The largest absolute Gasteiger partial charge is 0.494 e. The maximum Gasteiger partial charge on any atom is 0.253 e. The van der Waals surface area contributed by atoms with Crippen LogP contribution in [0.25, 0.3) is 0 Å². The second-order valence-electron chi connectivity index (χ2n) is 11.4. The standard InChI is InChI=1S/C36H45F2N3O5/c1-4-15-41(16-5-2)36(45)28-19-25(3)18-27(23-28)35(44)40-32(22-26-20-29(37)24-30(38)21-26)33(42)13-14-39-34(43)12-9-17-46-31-10-7-6-8-11-31/h6-8,10-11,18-21,23-24,32-33,42H,4-5,9,12-17,22H2,1-3H3,(H,39,43)(H,40,44)/t32-,33+/m0/s1. The van der Waals surface area contributed by atoms with Crippen molar-refractivity contribution in [3.05, 3.63) is 101 Å². The highest BCUT2D eigenvalue weighted by Gasteiger charge is 2.24. The maximum absolute atomic E-state index is 14.0. The van der Waals surface area contributed by atoms with Crippen LogP contribution in [0, 0.1) is 18.6 Å². The van der Waals surface area contributed by atoms with Crippen molar-refractivity contribution in [3.8, 4) is 5.75 Å². The summed E-state index contributed by atoms with van der Waals surface area (Å²) in [6.07, 6.45) is 1.19. The number of carbonyl (C=O) groups is 3.